The fourth-order valence-corrected chi connectivity index (χ4v) is 11.8. The number of hydrogen-bond acceptors (Lipinski definition) is 6. The van der Waals surface area contributed by atoms with Crippen LogP contribution < -0.4 is 15.8 Å². The molecule has 4 aliphatic carbocycles. The zero-order chi connectivity index (χ0) is 30.9. The molecule has 2 aromatic rings. The van der Waals surface area contributed by atoms with E-state index >= 15 is 0 Å². The number of aliphatic hydroxyl groups excluding tert-OH is 1. The smallest absolute Gasteiger partial charge is 0.336 e. The van der Waals surface area contributed by atoms with Crippen molar-refractivity contribution in [3.8, 4) is 0 Å². The maximum absolute atomic E-state index is 13.0. The first-order chi connectivity index (χ1) is 21.7. The predicted octanol–water partition coefficient (Wildman–Crippen LogP) is 5.94. The van der Waals surface area contributed by atoms with Crippen molar-refractivity contribution in [1.29, 1.82) is 0 Å². The van der Waals surface area contributed by atoms with E-state index in [9.17, 15) is 14.7 Å². The summed E-state index contributed by atoms with van der Waals surface area (Å²) in [6.07, 6.45) is 15.3. The third-order valence-electron chi connectivity index (χ3n) is 14.0. The van der Waals surface area contributed by atoms with Gasteiger partial charge in [0.2, 0.25) is 5.91 Å². The highest BCUT2D eigenvalue weighted by molar-refractivity contribution is 5.90. The molecule has 7 nitrogen and oxygen atoms in total. The molecular formula is C38H52N2O5. The van der Waals surface area contributed by atoms with Gasteiger partial charge in [-0.15, -0.1) is 0 Å². The highest BCUT2D eigenvalue weighted by Gasteiger charge is 2.60. The standard InChI is InChI=1S/C38H52N2O5/c1-37-14-11-26(41)21-25(37)7-8-27-30-9-10-32(38(30,2)15-12-31(27)37)44-22-33(42)39-16-13-23-20-34(43)45-36-28-6-4-18-40-17-3-5-24(35(28)40)19-29(23)36/h19-20,25-27,30-32,41H,3-18,21-22H2,1-2H3,(H,39,42)/t25-,26+,27-,30-,31-,32-,37-,38-/m0/s1. The van der Waals surface area contributed by atoms with Gasteiger partial charge in [0, 0.05) is 42.3 Å². The Morgan fingerprint density at radius 3 is 2.69 bits per heavy atom. The molecule has 8 atom stereocenters. The molecule has 4 fully saturated rings. The molecule has 0 unspecified atom stereocenters. The first-order valence-corrected chi connectivity index (χ1v) is 18.2. The second-order valence-corrected chi connectivity index (χ2v) is 16.1. The average molecular weight is 617 g/mol. The van der Waals surface area contributed by atoms with Crippen LogP contribution in [0.3, 0.4) is 0 Å². The number of nitrogens with one attached hydrogen (secondary N) is 1. The van der Waals surface area contributed by atoms with Gasteiger partial charge in [0.15, 0.2) is 0 Å². The number of fused-ring (bicyclic) bond motifs is 7. The second-order valence-electron chi connectivity index (χ2n) is 16.1. The van der Waals surface area contributed by atoms with Gasteiger partial charge in [-0.1, -0.05) is 13.8 Å². The van der Waals surface area contributed by atoms with Gasteiger partial charge in [-0.2, -0.15) is 0 Å². The molecule has 6 aliphatic rings. The Bertz CT molecular complexity index is 1530. The Kier molecular flexibility index (Phi) is 7.59. The SMILES string of the molecule is C[C@]12CC[C@@H](O)C[C@@H]1CC[C@@H]1[C@@H]2CC[C@]2(C)[C@@H](OCC(=O)NCCc3cc(=O)oc4c5c6c(cc34)CCCN6CCC5)CC[C@@H]12. The maximum atomic E-state index is 13.0. The van der Waals surface area contributed by atoms with E-state index in [-0.39, 0.29) is 35.8 Å². The summed E-state index contributed by atoms with van der Waals surface area (Å²) in [5, 5.41) is 14.5. The number of amides is 1. The van der Waals surface area contributed by atoms with Crippen LogP contribution >= 0.6 is 0 Å². The molecule has 2 N–H and O–H groups in total. The van der Waals surface area contributed by atoms with Gasteiger partial charge in [-0.05, 0) is 142 Å². The monoisotopic (exact) mass is 616 g/mol. The van der Waals surface area contributed by atoms with Crippen molar-refractivity contribution in [2.45, 2.75) is 116 Å². The lowest BCUT2D eigenvalue weighted by Crippen LogP contribution is -2.54. The van der Waals surface area contributed by atoms with E-state index in [4.69, 9.17) is 9.15 Å². The van der Waals surface area contributed by atoms with Crippen molar-refractivity contribution < 1.29 is 19.1 Å². The zero-order valence-electron chi connectivity index (χ0n) is 27.4. The Balaban J connectivity index is 0.894. The number of aryl methyl sites for hydroxylation is 2. The van der Waals surface area contributed by atoms with E-state index in [1.54, 1.807) is 6.07 Å². The van der Waals surface area contributed by atoms with E-state index in [1.807, 2.05) is 0 Å². The van der Waals surface area contributed by atoms with Gasteiger partial charge in [0.25, 0.3) is 0 Å². The summed E-state index contributed by atoms with van der Waals surface area (Å²) in [6, 6.07) is 3.86. The van der Waals surface area contributed by atoms with Crippen LogP contribution in [-0.4, -0.2) is 49.5 Å². The normalized spacial score (nSPS) is 37.0. The molecule has 1 aromatic heterocycles. The van der Waals surface area contributed by atoms with Crippen molar-refractivity contribution in [3.63, 3.8) is 0 Å². The molecule has 244 valence electrons. The highest BCUT2D eigenvalue weighted by atomic mass is 16.5. The molecule has 0 radical (unpaired) electrons. The first-order valence-electron chi connectivity index (χ1n) is 18.2. The van der Waals surface area contributed by atoms with Gasteiger partial charge in [-0.25, -0.2) is 4.79 Å². The highest BCUT2D eigenvalue weighted by Crippen LogP contribution is 2.66. The number of carbonyl (C=O) groups is 1. The number of benzene rings is 1. The average Bonchev–Trinajstić information content (AvgIpc) is 3.37. The summed E-state index contributed by atoms with van der Waals surface area (Å²) < 4.78 is 12.3. The summed E-state index contributed by atoms with van der Waals surface area (Å²) >= 11 is 0. The van der Waals surface area contributed by atoms with E-state index in [0.717, 1.165) is 86.4 Å². The lowest BCUT2D eigenvalue weighted by molar-refractivity contribution is -0.147. The van der Waals surface area contributed by atoms with Gasteiger partial charge in [-0.3, -0.25) is 4.79 Å². The van der Waals surface area contributed by atoms with Gasteiger partial charge < -0.3 is 24.5 Å². The molecule has 45 heavy (non-hydrogen) atoms. The van der Waals surface area contributed by atoms with Crippen LogP contribution in [0.5, 0.6) is 0 Å². The van der Waals surface area contributed by atoms with Crippen LogP contribution in [0.2, 0.25) is 0 Å². The van der Waals surface area contributed by atoms with E-state index in [1.165, 1.54) is 55.3 Å². The molecule has 0 spiro atoms. The minimum Gasteiger partial charge on any atom is -0.422 e. The number of ether oxygens (including phenoxy) is 1. The Morgan fingerprint density at radius 1 is 1.02 bits per heavy atom. The minimum absolute atomic E-state index is 0.0695. The van der Waals surface area contributed by atoms with E-state index in [0.29, 0.717) is 30.2 Å². The summed E-state index contributed by atoms with van der Waals surface area (Å²) in [5.41, 5.74) is 5.80. The van der Waals surface area contributed by atoms with Gasteiger partial charge in [0.05, 0.1) is 12.2 Å². The van der Waals surface area contributed by atoms with Gasteiger partial charge in [0.1, 0.15) is 12.2 Å². The fourth-order valence-electron chi connectivity index (χ4n) is 11.8. The zero-order valence-corrected chi connectivity index (χ0v) is 27.4. The molecule has 8 rings (SSSR count). The van der Waals surface area contributed by atoms with Crippen molar-refractivity contribution in [1.82, 2.24) is 5.32 Å². The van der Waals surface area contributed by atoms with E-state index < -0.39 is 0 Å². The number of nitrogens with zero attached hydrogens (tertiary/aromatic N) is 1. The number of hydrogen-bond donors (Lipinski definition) is 2. The fraction of sp³-hybridized carbons (Fsp3) is 0.737. The summed E-state index contributed by atoms with van der Waals surface area (Å²) in [7, 11) is 0. The molecule has 4 saturated carbocycles. The predicted molar refractivity (Wildman–Crippen MR) is 176 cm³/mol. The quantitative estimate of drug-likeness (QED) is 0.391. The second kappa shape index (κ2) is 11.4. The number of aliphatic hydroxyl groups is 1. The van der Waals surface area contributed by atoms with Gasteiger partial charge >= 0.3 is 5.63 Å². The topological polar surface area (TPSA) is 92.0 Å². The lowest BCUT2D eigenvalue weighted by Gasteiger charge is -2.60. The van der Waals surface area contributed by atoms with Crippen LogP contribution in [-0.2, 0) is 28.8 Å². The summed E-state index contributed by atoms with van der Waals surface area (Å²) in [6.45, 7) is 7.72. The number of anilines is 1. The largest absolute Gasteiger partial charge is 0.422 e. The van der Waals surface area contributed by atoms with Crippen LogP contribution in [0.15, 0.2) is 21.3 Å². The maximum Gasteiger partial charge on any atom is 0.336 e. The third kappa shape index (κ3) is 4.97. The molecule has 0 saturated heterocycles. The molecule has 0 bridgehead atoms. The minimum atomic E-state index is -0.307. The van der Waals surface area contributed by atoms with Crippen molar-refractivity contribution in [2.24, 2.45) is 34.5 Å². The molecular weight excluding hydrogens is 564 g/mol. The first kappa shape index (κ1) is 30.0. The Hall–Kier alpha value is -2.38. The van der Waals surface area contributed by atoms with Crippen molar-refractivity contribution in [3.05, 3.63) is 39.2 Å². The Labute approximate surface area is 267 Å². The van der Waals surface area contributed by atoms with E-state index in [2.05, 4.69) is 30.1 Å². The third-order valence-corrected chi connectivity index (χ3v) is 14.0. The van der Waals surface area contributed by atoms with Crippen molar-refractivity contribution in [2.75, 3.05) is 31.1 Å². The molecule has 1 amide bonds. The summed E-state index contributed by atoms with van der Waals surface area (Å²) in [5.74, 6) is 2.80. The molecule has 2 aliphatic heterocycles. The molecule has 7 heteroatoms. The van der Waals surface area contributed by atoms with Crippen LogP contribution in [0.4, 0.5) is 5.69 Å². The summed E-state index contributed by atoms with van der Waals surface area (Å²) in [4.78, 5) is 28.1. The van der Waals surface area contributed by atoms with Crippen LogP contribution in [0.25, 0.3) is 11.0 Å². The number of rotatable bonds is 6. The number of carbonyl (C=O) groups excluding carboxylic acids is 1. The molecule has 3 heterocycles. The van der Waals surface area contributed by atoms with Crippen LogP contribution in [0, 0.1) is 34.5 Å². The molecule has 1 aromatic carbocycles. The van der Waals surface area contributed by atoms with Crippen molar-refractivity contribution >= 4 is 22.6 Å². The Morgan fingerprint density at radius 2 is 1.82 bits per heavy atom. The van der Waals surface area contributed by atoms with Crippen LogP contribution in [0.1, 0.15) is 101 Å². The lowest BCUT2D eigenvalue weighted by atomic mass is 9.45.